The molecular weight excluding hydrogens is 334 g/mol. The average Bonchev–Trinajstić information content (AvgIpc) is 3.22. The molecule has 0 radical (unpaired) electrons. The Morgan fingerprint density at radius 1 is 1.19 bits per heavy atom. The fourth-order valence-corrected chi connectivity index (χ4v) is 3.53. The fraction of sp³-hybridized carbons (Fsp3) is 0.706. The number of aromatic nitrogens is 5. The van der Waals surface area contributed by atoms with Crippen LogP contribution >= 0.6 is 0 Å². The van der Waals surface area contributed by atoms with Crippen molar-refractivity contribution in [3.8, 4) is 0 Å². The van der Waals surface area contributed by atoms with Gasteiger partial charge in [-0.15, -0.1) is 10.2 Å². The molecule has 2 aromatic heterocycles. The number of piperazine rings is 1. The van der Waals surface area contributed by atoms with Crippen molar-refractivity contribution >= 4 is 11.9 Å². The molecular formula is C17H25N7O2. The lowest BCUT2D eigenvalue weighted by atomic mass is 9.93. The predicted octanol–water partition coefficient (Wildman–Crippen LogP) is 0.967. The average molecular weight is 359 g/mol. The summed E-state index contributed by atoms with van der Waals surface area (Å²) in [6, 6.07) is 0. The summed E-state index contributed by atoms with van der Waals surface area (Å²) >= 11 is 0. The van der Waals surface area contributed by atoms with E-state index in [1.165, 1.54) is 0 Å². The van der Waals surface area contributed by atoms with Gasteiger partial charge in [0, 0.05) is 38.5 Å². The van der Waals surface area contributed by atoms with Gasteiger partial charge >= 0.3 is 0 Å². The molecule has 9 nitrogen and oxygen atoms in total. The first-order valence-corrected chi connectivity index (χ1v) is 9.08. The van der Waals surface area contributed by atoms with Crippen molar-refractivity contribution in [2.24, 2.45) is 0 Å². The molecule has 0 aliphatic carbocycles. The number of rotatable bonds is 2. The summed E-state index contributed by atoms with van der Waals surface area (Å²) in [6.07, 6.45) is 1.75. The highest BCUT2D eigenvalue weighted by atomic mass is 16.5. The second kappa shape index (κ2) is 6.07. The molecule has 0 spiro atoms. The molecule has 2 aliphatic rings. The fourth-order valence-electron chi connectivity index (χ4n) is 3.53. The van der Waals surface area contributed by atoms with Crippen LogP contribution in [0, 0.1) is 0 Å². The van der Waals surface area contributed by atoms with E-state index in [1.807, 2.05) is 11.9 Å². The molecule has 0 saturated carbocycles. The Labute approximate surface area is 152 Å². The molecule has 0 aromatic carbocycles. The topological polar surface area (TPSA) is 93.2 Å². The zero-order valence-corrected chi connectivity index (χ0v) is 15.8. The highest BCUT2D eigenvalue weighted by molar-refractivity contribution is 5.81. The normalized spacial score (nSPS) is 21.2. The number of carbonyl (C=O) groups excluding carboxylic acids is 1. The van der Waals surface area contributed by atoms with E-state index in [4.69, 9.17) is 4.52 Å². The molecule has 1 amide bonds. The van der Waals surface area contributed by atoms with Gasteiger partial charge in [-0.3, -0.25) is 4.79 Å². The van der Waals surface area contributed by atoms with Gasteiger partial charge in [0.05, 0.1) is 5.92 Å². The number of anilines is 1. The zero-order chi connectivity index (χ0) is 18.5. The van der Waals surface area contributed by atoms with E-state index in [0.717, 1.165) is 37.6 Å². The summed E-state index contributed by atoms with van der Waals surface area (Å²) < 4.78 is 7.75. The monoisotopic (exact) mass is 359 g/mol. The maximum atomic E-state index is 11.9. The molecule has 1 atom stereocenters. The summed E-state index contributed by atoms with van der Waals surface area (Å²) in [6.45, 7) is 8.86. The number of likely N-dealkylation sites (N-methyl/N-ethyl adjacent to an activating group) is 1. The summed E-state index contributed by atoms with van der Waals surface area (Å²) in [7, 11) is 1.81. The Morgan fingerprint density at radius 2 is 2.00 bits per heavy atom. The van der Waals surface area contributed by atoms with Gasteiger partial charge in [0.15, 0.2) is 0 Å². The Bertz CT molecular complexity index is 819. The van der Waals surface area contributed by atoms with Gasteiger partial charge in [0.1, 0.15) is 18.2 Å². The molecule has 9 heteroatoms. The van der Waals surface area contributed by atoms with E-state index in [9.17, 15) is 4.79 Å². The highest BCUT2D eigenvalue weighted by Gasteiger charge is 2.32. The number of carbonyl (C=O) groups is 1. The van der Waals surface area contributed by atoms with Crippen LogP contribution in [0.1, 0.15) is 50.6 Å². The highest BCUT2D eigenvalue weighted by Crippen LogP contribution is 2.32. The van der Waals surface area contributed by atoms with E-state index >= 15 is 0 Å². The van der Waals surface area contributed by atoms with E-state index < -0.39 is 0 Å². The van der Waals surface area contributed by atoms with Crippen LogP contribution in [0.3, 0.4) is 0 Å². The smallest absolute Gasteiger partial charge is 0.266 e. The van der Waals surface area contributed by atoms with E-state index in [1.54, 1.807) is 4.90 Å². The Balaban J connectivity index is 1.52. The lowest BCUT2D eigenvalue weighted by Crippen LogP contribution is -2.49. The summed E-state index contributed by atoms with van der Waals surface area (Å²) in [4.78, 5) is 20.1. The maximum Gasteiger partial charge on any atom is 0.266 e. The first kappa shape index (κ1) is 17.0. The molecule has 2 aromatic rings. The Hall–Kier alpha value is -2.45. The SMILES string of the molecule is CN1CCN(c2noc(C3CCc4nnc(C(C)(C)C)n4C3)n2)CC1=O. The second-order valence-electron chi connectivity index (χ2n) is 8.21. The van der Waals surface area contributed by atoms with Gasteiger partial charge in [0.2, 0.25) is 11.8 Å². The van der Waals surface area contributed by atoms with Crippen LogP contribution in [0.25, 0.3) is 0 Å². The third kappa shape index (κ3) is 2.95. The minimum absolute atomic E-state index is 0.0622. The quantitative estimate of drug-likeness (QED) is 0.788. The van der Waals surface area contributed by atoms with Crippen molar-refractivity contribution in [2.45, 2.75) is 51.5 Å². The van der Waals surface area contributed by atoms with Crippen molar-refractivity contribution < 1.29 is 9.32 Å². The number of hydrogen-bond donors (Lipinski definition) is 0. The molecule has 0 N–H and O–H groups in total. The van der Waals surface area contributed by atoms with Gasteiger partial charge < -0.3 is 18.9 Å². The van der Waals surface area contributed by atoms with Crippen molar-refractivity contribution in [1.82, 2.24) is 29.8 Å². The standard InChI is InChI=1S/C17H25N7O2/c1-17(2,3)15-20-19-12-6-5-11(9-24(12)15)14-18-16(21-26-14)23-8-7-22(4)13(25)10-23/h11H,5-10H2,1-4H3. The first-order valence-electron chi connectivity index (χ1n) is 9.08. The van der Waals surface area contributed by atoms with E-state index in [-0.39, 0.29) is 17.2 Å². The summed E-state index contributed by atoms with van der Waals surface area (Å²) in [5.74, 6) is 3.36. The van der Waals surface area contributed by atoms with Gasteiger partial charge in [-0.1, -0.05) is 20.8 Å². The number of fused-ring (bicyclic) bond motifs is 1. The number of aryl methyl sites for hydroxylation is 1. The summed E-state index contributed by atoms with van der Waals surface area (Å²) in [5.41, 5.74) is -0.0622. The number of nitrogens with zero attached hydrogens (tertiary/aromatic N) is 7. The van der Waals surface area contributed by atoms with Crippen LogP contribution in [0.2, 0.25) is 0 Å². The van der Waals surface area contributed by atoms with E-state index in [2.05, 4.69) is 45.7 Å². The lowest BCUT2D eigenvalue weighted by molar-refractivity contribution is -0.129. The minimum Gasteiger partial charge on any atom is -0.342 e. The van der Waals surface area contributed by atoms with Gasteiger partial charge in [-0.25, -0.2) is 0 Å². The van der Waals surface area contributed by atoms with Crippen molar-refractivity contribution in [3.05, 3.63) is 17.5 Å². The van der Waals surface area contributed by atoms with Gasteiger partial charge in [0.25, 0.3) is 5.95 Å². The van der Waals surface area contributed by atoms with Crippen molar-refractivity contribution in [1.29, 1.82) is 0 Å². The molecule has 1 saturated heterocycles. The third-order valence-electron chi connectivity index (χ3n) is 5.14. The van der Waals surface area contributed by atoms with Crippen LogP contribution in [0.15, 0.2) is 4.52 Å². The van der Waals surface area contributed by atoms with Crippen LogP contribution in [0.4, 0.5) is 5.95 Å². The molecule has 140 valence electrons. The number of amides is 1. The van der Waals surface area contributed by atoms with Crippen LogP contribution in [-0.2, 0) is 23.2 Å². The second-order valence-corrected chi connectivity index (χ2v) is 8.21. The van der Waals surface area contributed by atoms with Crippen molar-refractivity contribution in [2.75, 3.05) is 31.6 Å². The third-order valence-corrected chi connectivity index (χ3v) is 5.14. The lowest BCUT2D eigenvalue weighted by Gasteiger charge is -2.30. The molecule has 26 heavy (non-hydrogen) atoms. The number of hydrogen-bond acceptors (Lipinski definition) is 7. The largest absolute Gasteiger partial charge is 0.342 e. The Kier molecular flexibility index (Phi) is 3.96. The van der Waals surface area contributed by atoms with Gasteiger partial charge in [-0.05, 0) is 11.6 Å². The zero-order valence-electron chi connectivity index (χ0n) is 15.8. The van der Waals surface area contributed by atoms with Gasteiger partial charge in [-0.2, -0.15) is 4.98 Å². The molecule has 1 fully saturated rings. The van der Waals surface area contributed by atoms with Crippen LogP contribution < -0.4 is 4.90 Å². The Morgan fingerprint density at radius 3 is 2.73 bits per heavy atom. The predicted molar refractivity (Wildman–Crippen MR) is 93.9 cm³/mol. The van der Waals surface area contributed by atoms with Crippen LogP contribution in [-0.4, -0.2) is 62.4 Å². The molecule has 1 unspecified atom stereocenters. The van der Waals surface area contributed by atoms with Crippen molar-refractivity contribution in [3.63, 3.8) is 0 Å². The molecule has 4 rings (SSSR count). The summed E-state index contributed by atoms with van der Waals surface area (Å²) in [5, 5.41) is 12.8. The first-order chi connectivity index (χ1) is 12.3. The minimum atomic E-state index is -0.0622. The molecule has 0 bridgehead atoms. The van der Waals surface area contributed by atoms with E-state index in [0.29, 0.717) is 24.9 Å². The van der Waals surface area contributed by atoms with Crippen LogP contribution in [0.5, 0.6) is 0 Å². The molecule has 4 heterocycles. The maximum absolute atomic E-state index is 11.9. The molecule has 2 aliphatic heterocycles.